The van der Waals surface area contributed by atoms with Gasteiger partial charge in [-0.2, -0.15) is 5.10 Å². The largest absolute Gasteiger partial charge is 0.348 e. The van der Waals surface area contributed by atoms with Crippen molar-refractivity contribution in [3.8, 4) is 11.1 Å². The minimum atomic E-state index is -0.164. The van der Waals surface area contributed by atoms with Crippen molar-refractivity contribution in [3.63, 3.8) is 0 Å². The molecule has 5 nitrogen and oxygen atoms in total. The first kappa shape index (κ1) is 13.3. The molecule has 0 unspecified atom stereocenters. The predicted octanol–water partition coefficient (Wildman–Crippen LogP) is 2.94. The smallest absolute Gasteiger partial charge is 0.272 e. The van der Waals surface area contributed by atoms with Crippen LogP contribution in [0.2, 0.25) is 5.02 Å². The Hall–Kier alpha value is -2.40. The Balaban J connectivity index is 1.91. The fourth-order valence-electron chi connectivity index (χ4n) is 2.44. The van der Waals surface area contributed by atoms with Gasteiger partial charge in [-0.1, -0.05) is 23.7 Å². The highest BCUT2D eigenvalue weighted by Gasteiger charge is 2.28. The lowest BCUT2D eigenvalue weighted by Gasteiger charge is -2.04. The molecule has 1 N–H and O–H groups in total. The van der Waals surface area contributed by atoms with E-state index in [1.54, 1.807) is 29.0 Å². The molecule has 6 heteroatoms. The number of hydrogen-bond acceptors (Lipinski definition) is 3. The van der Waals surface area contributed by atoms with E-state index in [1.165, 1.54) is 0 Å². The average Bonchev–Trinajstić information content (AvgIpc) is 3.24. The third kappa shape index (κ3) is 2.33. The van der Waals surface area contributed by atoms with Gasteiger partial charge in [0.1, 0.15) is 0 Å². The van der Waals surface area contributed by atoms with E-state index in [1.807, 2.05) is 18.2 Å². The summed E-state index contributed by atoms with van der Waals surface area (Å²) in [5, 5.41) is 7.99. The molecule has 110 valence electrons. The molecule has 0 aliphatic heterocycles. The summed E-state index contributed by atoms with van der Waals surface area (Å²) in [4.78, 5) is 16.9. The Morgan fingerprint density at radius 3 is 2.95 bits per heavy atom. The number of carbonyl (C=O) groups is 1. The topological polar surface area (TPSA) is 59.3 Å². The second-order valence-electron chi connectivity index (χ2n) is 5.37. The molecule has 1 saturated carbocycles. The molecule has 4 rings (SSSR count). The molecule has 1 amide bonds. The first-order chi connectivity index (χ1) is 10.7. The van der Waals surface area contributed by atoms with E-state index in [0.717, 1.165) is 18.4 Å². The van der Waals surface area contributed by atoms with Crippen LogP contribution < -0.4 is 5.32 Å². The van der Waals surface area contributed by atoms with Crippen molar-refractivity contribution in [1.29, 1.82) is 0 Å². The summed E-state index contributed by atoms with van der Waals surface area (Å²) in [7, 11) is 0. The van der Waals surface area contributed by atoms with Gasteiger partial charge in [-0.05, 0) is 36.6 Å². The molecule has 2 heterocycles. The average molecular weight is 313 g/mol. The van der Waals surface area contributed by atoms with E-state index in [4.69, 9.17) is 11.6 Å². The summed E-state index contributed by atoms with van der Waals surface area (Å²) >= 11 is 6.09. The number of rotatable bonds is 3. The third-order valence-electron chi connectivity index (χ3n) is 3.64. The maximum atomic E-state index is 12.5. The van der Waals surface area contributed by atoms with Crippen LogP contribution in [-0.4, -0.2) is 26.5 Å². The van der Waals surface area contributed by atoms with Crippen LogP contribution in [0.25, 0.3) is 16.8 Å². The Labute approximate surface area is 131 Å². The van der Waals surface area contributed by atoms with E-state index in [9.17, 15) is 4.79 Å². The van der Waals surface area contributed by atoms with Crippen molar-refractivity contribution in [3.05, 3.63) is 53.4 Å². The van der Waals surface area contributed by atoms with E-state index in [-0.39, 0.29) is 11.9 Å². The van der Waals surface area contributed by atoms with E-state index < -0.39 is 0 Å². The number of fused-ring (bicyclic) bond motifs is 1. The minimum Gasteiger partial charge on any atom is -0.348 e. The number of nitrogens with zero attached hydrogens (tertiary/aromatic N) is 3. The van der Waals surface area contributed by atoms with Crippen molar-refractivity contribution >= 4 is 23.2 Å². The maximum Gasteiger partial charge on any atom is 0.272 e. The van der Waals surface area contributed by atoms with Gasteiger partial charge in [0.2, 0.25) is 0 Å². The highest BCUT2D eigenvalue weighted by Crippen LogP contribution is 2.30. The number of aromatic nitrogens is 3. The molecule has 1 aliphatic rings. The summed E-state index contributed by atoms with van der Waals surface area (Å²) < 4.78 is 1.62. The van der Waals surface area contributed by atoms with E-state index in [2.05, 4.69) is 15.4 Å². The van der Waals surface area contributed by atoms with E-state index in [0.29, 0.717) is 21.9 Å². The van der Waals surface area contributed by atoms with Crippen LogP contribution in [0.4, 0.5) is 0 Å². The fraction of sp³-hybridized carbons (Fsp3) is 0.188. The number of carbonyl (C=O) groups excluding carboxylic acids is 1. The molecular weight excluding hydrogens is 300 g/mol. The molecule has 1 fully saturated rings. The van der Waals surface area contributed by atoms with Gasteiger partial charge in [0.15, 0.2) is 11.3 Å². The molecule has 0 radical (unpaired) electrons. The zero-order chi connectivity index (χ0) is 15.1. The summed E-state index contributed by atoms with van der Waals surface area (Å²) in [5.41, 5.74) is 2.57. The highest BCUT2D eigenvalue weighted by atomic mass is 35.5. The minimum absolute atomic E-state index is 0.164. The number of halogens is 1. The first-order valence-electron chi connectivity index (χ1n) is 7.12. The Bertz CT molecular complexity index is 869. The van der Waals surface area contributed by atoms with Crippen LogP contribution in [0.1, 0.15) is 23.3 Å². The SMILES string of the molecule is O=C(NC1CC1)c1nn2cccnc2c1-c1cccc(Cl)c1. The summed E-state index contributed by atoms with van der Waals surface area (Å²) in [6.07, 6.45) is 5.53. The molecule has 0 atom stereocenters. The Kier molecular flexibility index (Phi) is 3.08. The van der Waals surface area contributed by atoms with Crippen LogP contribution in [0.5, 0.6) is 0 Å². The second kappa shape index (κ2) is 5.10. The van der Waals surface area contributed by atoms with Gasteiger partial charge in [-0.15, -0.1) is 0 Å². The molecule has 3 aromatic rings. The summed E-state index contributed by atoms with van der Waals surface area (Å²) in [6.45, 7) is 0. The molecule has 1 aliphatic carbocycles. The fourth-order valence-corrected chi connectivity index (χ4v) is 2.63. The first-order valence-corrected chi connectivity index (χ1v) is 7.50. The number of amides is 1. The summed E-state index contributed by atoms with van der Waals surface area (Å²) in [6, 6.07) is 9.44. The molecule has 0 saturated heterocycles. The van der Waals surface area contributed by atoms with Crippen molar-refractivity contribution in [2.24, 2.45) is 0 Å². The van der Waals surface area contributed by atoms with Gasteiger partial charge >= 0.3 is 0 Å². The maximum absolute atomic E-state index is 12.5. The van der Waals surface area contributed by atoms with Gasteiger partial charge < -0.3 is 5.32 Å². The van der Waals surface area contributed by atoms with Gasteiger partial charge in [-0.25, -0.2) is 9.50 Å². The molecular formula is C16H13ClN4O. The normalized spacial score (nSPS) is 14.2. The predicted molar refractivity (Wildman–Crippen MR) is 83.9 cm³/mol. The lowest BCUT2D eigenvalue weighted by molar-refractivity contribution is 0.0946. The van der Waals surface area contributed by atoms with Crippen molar-refractivity contribution in [2.75, 3.05) is 0 Å². The van der Waals surface area contributed by atoms with Gasteiger partial charge in [0, 0.05) is 23.5 Å². The quantitative estimate of drug-likeness (QED) is 0.809. The van der Waals surface area contributed by atoms with Crippen LogP contribution in [0.3, 0.4) is 0 Å². The van der Waals surface area contributed by atoms with Crippen molar-refractivity contribution in [2.45, 2.75) is 18.9 Å². The van der Waals surface area contributed by atoms with Crippen molar-refractivity contribution < 1.29 is 4.79 Å². The van der Waals surface area contributed by atoms with Crippen LogP contribution >= 0.6 is 11.6 Å². The number of hydrogen-bond donors (Lipinski definition) is 1. The van der Waals surface area contributed by atoms with Gasteiger partial charge in [0.25, 0.3) is 5.91 Å². The van der Waals surface area contributed by atoms with Gasteiger partial charge in [0.05, 0.1) is 5.56 Å². The highest BCUT2D eigenvalue weighted by molar-refractivity contribution is 6.31. The van der Waals surface area contributed by atoms with Crippen LogP contribution in [0.15, 0.2) is 42.7 Å². The lowest BCUT2D eigenvalue weighted by atomic mass is 10.1. The monoisotopic (exact) mass is 312 g/mol. The Morgan fingerprint density at radius 1 is 1.32 bits per heavy atom. The summed E-state index contributed by atoms with van der Waals surface area (Å²) in [5.74, 6) is -0.164. The molecule has 1 aromatic carbocycles. The number of nitrogens with one attached hydrogen (secondary N) is 1. The van der Waals surface area contributed by atoms with Crippen LogP contribution in [-0.2, 0) is 0 Å². The standard InChI is InChI=1S/C16H13ClN4O/c17-11-4-1-3-10(9-11)13-14(16(22)19-12-5-6-12)20-21-8-2-7-18-15(13)21/h1-4,7-9,12H,5-6H2,(H,19,22). The molecule has 2 aromatic heterocycles. The van der Waals surface area contributed by atoms with Gasteiger partial charge in [-0.3, -0.25) is 4.79 Å². The zero-order valence-corrected chi connectivity index (χ0v) is 12.4. The Morgan fingerprint density at radius 2 is 2.18 bits per heavy atom. The molecule has 22 heavy (non-hydrogen) atoms. The lowest BCUT2D eigenvalue weighted by Crippen LogP contribution is -2.26. The van der Waals surface area contributed by atoms with Crippen LogP contribution in [0, 0.1) is 0 Å². The molecule has 0 spiro atoms. The second-order valence-corrected chi connectivity index (χ2v) is 5.81. The van der Waals surface area contributed by atoms with Crippen molar-refractivity contribution in [1.82, 2.24) is 19.9 Å². The third-order valence-corrected chi connectivity index (χ3v) is 3.87. The number of benzene rings is 1. The van der Waals surface area contributed by atoms with E-state index >= 15 is 0 Å². The molecule has 0 bridgehead atoms. The zero-order valence-electron chi connectivity index (χ0n) is 11.7.